The van der Waals surface area contributed by atoms with Crippen LogP contribution in [0.15, 0.2) is 45.7 Å². The second-order valence-corrected chi connectivity index (χ2v) is 7.20. The van der Waals surface area contributed by atoms with E-state index in [0.717, 1.165) is 16.7 Å². The van der Waals surface area contributed by atoms with Crippen molar-refractivity contribution in [2.45, 2.75) is 19.4 Å². The zero-order valence-electron chi connectivity index (χ0n) is 13.6. The molecule has 0 bridgehead atoms. The number of rotatable bonds is 5. The monoisotopic (exact) mass is 391 g/mol. The van der Waals surface area contributed by atoms with Crippen LogP contribution < -0.4 is 0 Å². The fourth-order valence-electron chi connectivity index (χ4n) is 2.55. The van der Waals surface area contributed by atoms with E-state index in [1.165, 1.54) is 18.2 Å². The van der Waals surface area contributed by atoms with Crippen LogP contribution in [0.5, 0.6) is 0 Å². The molecule has 0 radical (unpaired) electrons. The summed E-state index contributed by atoms with van der Waals surface area (Å²) in [6, 6.07) is 8.26. The Balaban J connectivity index is 1.85. The standard InChI is InChI=1S/C18H14FNO4S2/c1-2-13(17(22)23)20-16(21)15(26-18(20)25)9-12-7-8-14(24-12)10-3-5-11(19)6-4-10/h3-9,13H,2H2,1H3,(H,22,23)/b15-9-/t13-/m1/s1. The number of hydrogen-bond donors (Lipinski definition) is 1. The van der Waals surface area contributed by atoms with Gasteiger partial charge in [0, 0.05) is 11.6 Å². The van der Waals surface area contributed by atoms with Gasteiger partial charge in [0.15, 0.2) is 0 Å². The Morgan fingerprint density at radius 2 is 2.04 bits per heavy atom. The Kier molecular flexibility index (Phi) is 5.24. The highest BCUT2D eigenvalue weighted by atomic mass is 32.2. The summed E-state index contributed by atoms with van der Waals surface area (Å²) in [7, 11) is 0. The Bertz CT molecular complexity index is 904. The number of nitrogens with zero attached hydrogens (tertiary/aromatic N) is 1. The van der Waals surface area contributed by atoms with E-state index in [-0.39, 0.29) is 16.6 Å². The quantitative estimate of drug-likeness (QED) is 0.610. The largest absolute Gasteiger partial charge is 0.480 e. The van der Waals surface area contributed by atoms with Crippen LogP contribution >= 0.6 is 24.0 Å². The average Bonchev–Trinajstić information content (AvgIpc) is 3.16. The molecule has 1 aliphatic rings. The molecule has 8 heteroatoms. The molecule has 2 aromatic rings. The zero-order chi connectivity index (χ0) is 18.8. The number of furan rings is 1. The van der Waals surface area contributed by atoms with Crippen LogP contribution in [0.25, 0.3) is 17.4 Å². The summed E-state index contributed by atoms with van der Waals surface area (Å²) in [6.07, 6.45) is 1.78. The van der Waals surface area contributed by atoms with Gasteiger partial charge in [-0.3, -0.25) is 9.69 Å². The molecule has 26 heavy (non-hydrogen) atoms. The van der Waals surface area contributed by atoms with Crippen molar-refractivity contribution >= 4 is 46.3 Å². The van der Waals surface area contributed by atoms with Gasteiger partial charge in [-0.2, -0.15) is 0 Å². The van der Waals surface area contributed by atoms with Gasteiger partial charge in [-0.05, 0) is 42.8 Å². The molecule has 0 aliphatic carbocycles. The molecule has 3 rings (SSSR count). The molecule has 1 saturated heterocycles. The smallest absolute Gasteiger partial charge is 0.326 e. The first-order valence-electron chi connectivity index (χ1n) is 7.76. The van der Waals surface area contributed by atoms with E-state index in [9.17, 15) is 19.1 Å². The number of carboxylic acids is 1. The Labute approximate surface area is 158 Å². The fourth-order valence-corrected chi connectivity index (χ4v) is 3.88. The van der Waals surface area contributed by atoms with E-state index in [1.54, 1.807) is 31.2 Å². The number of hydrogen-bond acceptors (Lipinski definition) is 5. The zero-order valence-corrected chi connectivity index (χ0v) is 15.3. The number of carbonyl (C=O) groups is 2. The molecule has 1 atom stereocenters. The van der Waals surface area contributed by atoms with Crippen LogP contribution in [0.3, 0.4) is 0 Å². The van der Waals surface area contributed by atoms with Crippen LogP contribution in [0, 0.1) is 5.82 Å². The van der Waals surface area contributed by atoms with E-state index in [1.807, 2.05) is 0 Å². The Morgan fingerprint density at radius 1 is 1.35 bits per heavy atom. The molecule has 0 saturated carbocycles. The summed E-state index contributed by atoms with van der Waals surface area (Å²) in [5, 5.41) is 9.27. The molecule has 0 spiro atoms. The number of thiocarbonyl (C=S) groups is 1. The third-order valence-electron chi connectivity index (χ3n) is 3.84. The van der Waals surface area contributed by atoms with Gasteiger partial charge in [0.05, 0.1) is 4.91 Å². The van der Waals surface area contributed by atoms with Crippen LogP contribution in [0.2, 0.25) is 0 Å². The minimum Gasteiger partial charge on any atom is -0.480 e. The van der Waals surface area contributed by atoms with Gasteiger partial charge in [-0.25, -0.2) is 9.18 Å². The number of benzene rings is 1. The Morgan fingerprint density at radius 3 is 2.65 bits per heavy atom. The number of aliphatic carboxylic acids is 1. The molecule has 1 aliphatic heterocycles. The van der Waals surface area contributed by atoms with Crippen LogP contribution in [-0.2, 0) is 9.59 Å². The lowest BCUT2D eigenvalue weighted by molar-refractivity contribution is -0.145. The van der Waals surface area contributed by atoms with E-state index in [4.69, 9.17) is 16.6 Å². The molecule has 134 valence electrons. The van der Waals surface area contributed by atoms with E-state index < -0.39 is 17.9 Å². The summed E-state index contributed by atoms with van der Waals surface area (Å²) < 4.78 is 18.9. The highest BCUT2D eigenvalue weighted by Crippen LogP contribution is 2.35. The van der Waals surface area contributed by atoms with Gasteiger partial charge in [-0.15, -0.1) is 0 Å². The summed E-state index contributed by atoms with van der Waals surface area (Å²) in [4.78, 5) is 25.3. The van der Waals surface area contributed by atoms with Crippen LogP contribution in [0.4, 0.5) is 4.39 Å². The van der Waals surface area contributed by atoms with E-state index in [0.29, 0.717) is 22.0 Å². The van der Waals surface area contributed by atoms with Gasteiger partial charge in [0.25, 0.3) is 5.91 Å². The highest BCUT2D eigenvalue weighted by molar-refractivity contribution is 8.26. The first-order chi connectivity index (χ1) is 12.4. The lowest BCUT2D eigenvalue weighted by atomic mass is 10.2. The summed E-state index contributed by atoms with van der Waals surface area (Å²) in [5.74, 6) is -0.930. The molecule has 0 unspecified atom stereocenters. The number of halogens is 1. The van der Waals surface area contributed by atoms with Gasteiger partial charge in [-0.1, -0.05) is 30.9 Å². The van der Waals surface area contributed by atoms with Gasteiger partial charge >= 0.3 is 5.97 Å². The lowest BCUT2D eigenvalue weighted by Gasteiger charge is -2.21. The summed E-state index contributed by atoms with van der Waals surface area (Å²) in [6.45, 7) is 1.68. The van der Waals surface area contributed by atoms with E-state index in [2.05, 4.69) is 0 Å². The van der Waals surface area contributed by atoms with Crippen molar-refractivity contribution in [1.82, 2.24) is 4.90 Å². The second kappa shape index (κ2) is 7.43. The minimum absolute atomic E-state index is 0.209. The first-order valence-corrected chi connectivity index (χ1v) is 8.99. The average molecular weight is 391 g/mol. The van der Waals surface area contributed by atoms with Gasteiger partial charge in [0.1, 0.15) is 27.7 Å². The maximum atomic E-state index is 13.0. The third kappa shape index (κ3) is 3.56. The number of amides is 1. The highest BCUT2D eigenvalue weighted by Gasteiger charge is 2.39. The minimum atomic E-state index is -1.10. The first kappa shape index (κ1) is 18.3. The topological polar surface area (TPSA) is 70.8 Å². The molecule has 1 fully saturated rings. The molecular formula is C18H14FNO4S2. The van der Waals surface area contributed by atoms with E-state index >= 15 is 0 Å². The predicted molar refractivity (Wildman–Crippen MR) is 101 cm³/mol. The molecule has 1 amide bonds. The third-order valence-corrected chi connectivity index (χ3v) is 5.17. The second-order valence-electron chi connectivity index (χ2n) is 5.52. The summed E-state index contributed by atoms with van der Waals surface area (Å²) >= 11 is 6.21. The van der Waals surface area contributed by atoms with Crippen LogP contribution in [-0.4, -0.2) is 32.2 Å². The van der Waals surface area contributed by atoms with Crippen molar-refractivity contribution in [1.29, 1.82) is 0 Å². The molecule has 2 heterocycles. The maximum absolute atomic E-state index is 13.0. The summed E-state index contributed by atoms with van der Waals surface area (Å²) in [5.41, 5.74) is 0.704. The van der Waals surface area contributed by atoms with Crippen molar-refractivity contribution in [3.63, 3.8) is 0 Å². The van der Waals surface area contributed by atoms with Crippen LogP contribution in [0.1, 0.15) is 19.1 Å². The van der Waals surface area contributed by atoms with Crippen molar-refractivity contribution < 1.29 is 23.5 Å². The van der Waals surface area contributed by atoms with Crippen molar-refractivity contribution in [2.24, 2.45) is 0 Å². The lowest BCUT2D eigenvalue weighted by Crippen LogP contribution is -2.43. The molecule has 5 nitrogen and oxygen atoms in total. The maximum Gasteiger partial charge on any atom is 0.326 e. The molecule has 1 aromatic heterocycles. The molecule has 1 N–H and O–H groups in total. The fraction of sp³-hybridized carbons (Fsp3) is 0.167. The van der Waals surface area contributed by atoms with Gasteiger partial charge in [0.2, 0.25) is 0 Å². The number of carbonyl (C=O) groups excluding carboxylic acids is 1. The normalized spacial score (nSPS) is 17.2. The van der Waals surface area contributed by atoms with Gasteiger partial charge < -0.3 is 9.52 Å². The number of carboxylic acid groups (broad SMARTS) is 1. The van der Waals surface area contributed by atoms with Crippen molar-refractivity contribution in [2.75, 3.05) is 0 Å². The van der Waals surface area contributed by atoms with Crippen molar-refractivity contribution in [3.8, 4) is 11.3 Å². The molecule has 1 aromatic carbocycles. The van der Waals surface area contributed by atoms with Crippen molar-refractivity contribution in [3.05, 3.63) is 52.9 Å². The SMILES string of the molecule is CC[C@H](C(=O)O)N1C(=O)/C(=C/c2ccc(-c3ccc(F)cc3)o2)SC1=S. The predicted octanol–water partition coefficient (Wildman–Crippen LogP) is 4.15. The molecular weight excluding hydrogens is 377 g/mol. The number of thioether (sulfide) groups is 1. The Hall–Kier alpha value is -2.45.